The van der Waals surface area contributed by atoms with Crippen LogP contribution in [0.1, 0.15) is 40.0 Å². The quantitative estimate of drug-likeness (QED) is 0.846. The van der Waals surface area contributed by atoms with Crippen molar-refractivity contribution < 1.29 is 9.53 Å². The molecule has 0 aromatic carbocycles. The number of carbonyl (C=O) groups is 1. The van der Waals surface area contributed by atoms with Gasteiger partial charge in [-0.15, -0.1) is 0 Å². The monoisotopic (exact) mass is 309 g/mol. The van der Waals surface area contributed by atoms with Crippen LogP contribution in [0.4, 0.5) is 4.79 Å². The van der Waals surface area contributed by atoms with Gasteiger partial charge in [0.1, 0.15) is 5.60 Å². The molecule has 0 aromatic heterocycles. The van der Waals surface area contributed by atoms with Crippen LogP contribution < -0.4 is 5.32 Å². The zero-order valence-corrected chi connectivity index (χ0v) is 14.4. The van der Waals surface area contributed by atoms with E-state index >= 15 is 0 Å². The summed E-state index contributed by atoms with van der Waals surface area (Å²) in [6.45, 7) is 13.4. The molecule has 22 heavy (non-hydrogen) atoms. The Hall–Kier alpha value is -0.810. The van der Waals surface area contributed by atoms with E-state index in [9.17, 15) is 4.79 Å². The summed E-state index contributed by atoms with van der Waals surface area (Å²) in [5, 5.41) is 3.42. The van der Waals surface area contributed by atoms with Crippen molar-refractivity contribution in [2.45, 2.75) is 45.6 Å². The largest absolute Gasteiger partial charge is 0.444 e. The van der Waals surface area contributed by atoms with Crippen LogP contribution in [0.15, 0.2) is 0 Å². The molecule has 1 aliphatic carbocycles. The predicted molar refractivity (Wildman–Crippen MR) is 86.9 cm³/mol. The molecule has 126 valence electrons. The molecule has 1 amide bonds. The van der Waals surface area contributed by atoms with Crippen molar-refractivity contribution in [3.63, 3.8) is 0 Å². The van der Waals surface area contributed by atoms with Gasteiger partial charge in [0.05, 0.1) is 0 Å². The van der Waals surface area contributed by atoms with E-state index in [0.717, 1.165) is 38.5 Å². The topological polar surface area (TPSA) is 44.8 Å². The van der Waals surface area contributed by atoms with Crippen molar-refractivity contribution in [1.29, 1.82) is 0 Å². The van der Waals surface area contributed by atoms with Crippen molar-refractivity contribution >= 4 is 6.09 Å². The molecule has 1 unspecified atom stereocenters. The molecular formula is C17H31N3O2. The van der Waals surface area contributed by atoms with Gasteiger partial charge in [-0.3, -0.25) is 0 Å². The maximum absolute atomic E-state index is 12.3. The van der Waals surface area contributed by atoms with Crippen LogP contribution in [-0.2, 0) is 4.74 Å². The highest BCUT2D eigenvalue weighted by Gasteiger charge is 2.53. The van der Waals surface area contributed by atoms with Gasteiger partial charge in [0.25, 0.3) is 0 Å². The molecule has 0 aromatic rings. The number of carbonyl (C=O) groups excluding carboxylic acids is 1. The molecule has 1 N–H and O–H groups in total. The molecule has 0 bridgehead atoms. The average Bonchev–Trinajstić information content (AvgIpc) is 3.21. The van der Waals surface area contributed by atoms with Crippen LogP contribution in [0, 0.1) is 11.3 Å². The fourth-order valence-electron chi connectivity index (χ4n) is 3.91. The highest BCUT2D eigenvalue weighted by atomic mass is 16.6. The molecule has 2 saturated heterocycles. The summed E-state index contributed by atoms with van der Waals surface area (Å²) < 4.78 is 5.55. The van der Waals surface area contributed by atoms with Crippen LogP contribution in [-0.4, -0.2) is 67.3 Å². The number of nitrogens with zero attached hydrogens (tertiary/aromatic N) is 2. The van der Waals surface area contributed by atoms with E-state index in [0.29, 0.717) is 5.41 Å². The molecule has 5 heteroatoms. The number of piperazine rings is 1. The molecule has 2 heterocycles. The summed E-state index contributed by atoms with van der Waals surface area (Å²) in [4.78, 5) is 16.9. The van der Waals surface area contributed by atoms with Gasteiger partial charge in [-0.05, 0) is 51.4 Å². The first kappa shape index (κ1) is 16.1. The molecular weight excluding hydrogens is 278 g/mol. The molecule has 1 saturated carbocycles. The van der Waals surface area contributed by atoms with Gasteiger partial charge in [0.15, 0.2) is 0 Å². The average molecular weight is 309 g/mol. The number of rotatable bonds is 2. The Bertz CT molecular complexity index is 409. The molecule has 2 aliphatic heterocycles. The van der Waals surface area contributed by atoms with E-state index in [1.807, 2.05) is 25.7 Å². The second-order valence-electron chi connectivity index (χ2n) is 8.30. The van der Waals surface area contributed by atoms with Gasteiger partial charge in [-0.25, -0.2) is 4.79 Å². The Labute approximate surface area is 134 Å². The van der Waals surface area contributed by atoms with Crippen molar-refractivity contribution in [2.75, 3.05) is 45.8 Å². The van der Waals surface area contributed by atoms with Gasteiger partial charge in [-0.1, -0.05) is 0 Å². The van der Waals surface area contributed by atoms with Gasteiger partial charge in [0, 0.05) is 45.8 Å². The van der Waals surface area contributed by atoms with E-state index in [1.165, 1.54) is 32.5 Å². The highest BCUT2D eigenvalue weighted by Crippen LogP contribution is 2.56. The van der Waals surface area contributed by atoms with Crippen LogP contribution in [0.5, 0.6) is 0 Å². The molecule has 1 atom stereocenters. The Morgan fingerprint density at radius 2 is 1.91 bits per heavy atom. The first-order valence-electron chi connectivity index (χ1n) is 8.79. The Kier molecular flexibility index (Phi) is 4.38. The first-order chi connectivity index (χ1) is 10.4. The fraction of sp³-hybridized carbons (Fsp3) is 0.941. The summed E-state index contributed by atoms with van der Waals surface area (Å²) in [6.07, 6.45) is 3.56. The lowest BCUT2D eigenvalue weighted by molar-refractivity contribution is 0.00285. The normalized spacial score (nSPS) is 28.7. The van der Waals surface area contributed by atoms with Crippen LogP contribution in [0.25, 0.3) is 0 Å². The SMILES string of the molecule is CC(C)(C)OC(=O)N1CCC(CN2CCNCC2)C2(CC2)C1. The molecule has 3 fully saturated rings. The predicted octanol–water partition coefficient (Wildman–Crippen LogP) is 1.93. The summed E-state index contributed by atoms with van der Waals surface area (Å²) in [6, 6.07) is 0. The van der Waals surface area contributed by atoms with E-state index in [-0.39, 0.29) is 6.09 Å². The maximum Gasteiger partial charge on any atom is 0.410 e. The van der Waals surface area contributed by atoms with E-state index in [4.69, 9.17) is 4.74 Å². The number of piperidine rings is 1. The lowest BCUT2D eigenvalue weighted by Gasteiger charge is -2.42. The zero-order valence-electron chi connectivity index (χ0n) is 14.4. The van der Waals surface area contributed by atoms with Gasteiger partial charge in [0.2, 0.25) is 0 Å². The van der Waals surface area contributed by atoms with Gasteiger partial charge >= 0.3 is 6.09 Å². The molecule has 5 nitrogen and oxygen atoms in total. The number of hydrogen-bond donors (Lipinski definition) is 1. The number of nitrogens with one attached hydrogen (secondary N) is 1. The van der Waals surface area contributed by atoms with Gasteiger partial charge < -0.3 is 19.9 Å². The van der Waals surface area contributed by atoms with Crippen LogP contribution in [0.2, 0.25) is 0 Å². The number of hydrogen-bond acceptors (Lipinski definition) is 4. The summed E-state index contributed by atoms with van der Waals surface area (Å²) in [5.74, 6) is 0.754. The summed E-state index contributed by atoms with van der Waals surface area (Å²) in [7, 11) is 0. The van der Waals surface area contributed by atoms with Crippen LogP contribution in [0.3, 0.4) is 0 Å². The second kappa shape index (κ2) is 6.00. The fourth-order valence-corrected chi connectivity index (χ4v) is 3.91. The number of ether oxygens (including phenoxy) is 1. The maximum atomic E-state index is 12.3. The van der Waals surface area contributed by atoms with E-state index < -0.39 is 5.60 Å². The summed E-state index contributed by atoms with van der Waals surface area (Å²) >= 11 is 0. The minimum atomic E-state index is -0.397. The Morgan fingerprint density at radius 1 is 1.23 bits per heavy atom. The van der Waals surface area contributed by atoms with Gasteiger partial charge in [-0.2, -0.15) is 0 Å². The second-order valence-corrected chi connectivity index (χ2v) is 8.30. The third-order valence-electron chi connectivity index (χ3n) is 5.35. The van der Waals surface area contributed by atoms with Crippen molar-refractivity contribution in [1.82, 2.24) is 15.1 Å². The molecule has 3 aliphatic rings. The van der Waals surface area contributed by atoms with Crippen molar-refractivity contribution in [2.24, 2.45) is 11.3 Å². The lowest BCUT2D eigenvalue weighted by atomic mass is 9.82. The smallest absolute Gasteiger partial charge is 0.410 e. The standard InChI is InChI=1S/C17H31N3O2/c1-16(2,3)22-15(21)20-9-4-14(17(13-20)5-6-17)12-19-10-7-18-8-11-19/h14,18H,4-13H2,1-3H3. The number of amides is 1. The summed E-state index contributed by atoms with van der Waals surface area (Å²) in [5.41, 5.74) is -0.00846. The zero-order chi connectivity index (χ0) is 15.8. The minimum absolute atomic E-state index is 0.126. The molecule has 1 spiro atoms. The number of likely N-dealkylation sites (tertiary alicyclic amines) is 1. The van der Waals surface area contributed by atoms with Crippen LogP contribution >= 0.6 is 0 Å². The Morgan fingerprint density at radius 3 is 2.50 bits per heavy atom. The Balaban J connectivity index is 1.55. The van der Waals surface area contributed by atoms with E-state index in [1.54, 1.807) is 0 Å². The first-order valence-corrected chi connectivity index (χ1v) is 8.79. The molecule has 0 radical (unpaired) electrons. The van der Waals surface area contributed by atoms with Crippen molar-refractivity contribution in [3.8, 4) is 0 Å². The third kappa shape index (κ3) is 3.74. The third-order valence-corrected chi connectivity index (χ3v) is 5.35. The highest BCUT2D eigenvalue weighted by molar-refractivity contribution is 5.68. The van der Waals surface area contributed by atoms with Crippen molar-refractivity contribution in [3.05, 3.63) is 0 Å². The lowest BCUT2D eigenvalue weighted by Crippen LogP contribution is -2.51. The molecule has 3 rings (SSSR count). The van der Waals surface area contributed by atoms with E-state index in [2.05, 4.69) is 10.2 Å². The minimum Gasteiger partial charge on any atom is -0.444 e.